The second kappa shape index (κ2) is 6.71. The third-order valence-corrected chi connectivity index (χ3v) is 4.52. The molecule has 1 aliphatic heterocycles. The van der Waals surface area contributed by atoms with Crippen molar-refractivity contribution < 1.29 is 19.1 Å². The summed E-state index contributed by atoms with van der Waals surface area (Å²) in [6.45, 7) is 5.03. The van der Waals surface area contributed by atoms with E-state index in [2.05, 4.69) is 10.3 Å². The van der Waals surface area contributed by atoms with E-state index in [1.165, 1.54) is 6.92 Å². The van der Waals surface area contributed by atoms with Crippen LogP contribution in [0.25, 0.3) is 0 Å². The second-order valence-electron chi connectivity index (χ2n) is 6.63. The molecule has 1 aliphatic rings. The first-order valence-corrected chi connectivity index (χ1v) is 8.37. The highest BCUT2D eigenvalue weighted by atomic mass is 16.6. The molecule has 1 aromatic heterocycles. The number of hydrogen-bond donors (Lipinski definition) is 1. The molecule has 1 aromatic carbocycles. The molecule has 26 heavy (non-hydrogen) atoms. The van der Waals surface area contributed by atoms with Crippen LogP contribution in [0.5, 0.6) is 0 Å². The van der Waals surface area contributed by atoms with E-state index in [0.29, 0.717) is 28.9 Å². The predicted molar refractivity (Wildman–Crippen MR) is 94.8 cm³/mol. The maximum Gasteiger partial charge on any atom is 0.339 e. The number of esters is 1. The van der Waals surface area contributed by atoms with Crippen molar-refractivity contribution in [3.8, 4) is 0 Å². The molecule has 0 bridgehead atoms. The summed E-state index contributed by atoms with van der Waals surface area (Å²) in [7, 11) is 0. The molecular formula is C20H20N2O4. The number of aryl methyl sites for hydroxylation is 1. The summed E-state index contributed by atoms with van der Waals surface area (Å²) in [5, 5.41) is 2.77. The van der Waals surface area contributed by atoms with E-state index in [0.717, 1.165) is 5.56 Å². The maximum absolute atomic E-state index is 12.6. The van der Waals surface area contributed by atoms with Crippen LogP contribution in [0.1, 0.15) is 51.5 Å². The Morgan fingerprint density at radius 3 is 2.65 bits per heavy atom. The molecule has 0 unspecified atom stereocenters. The van der Waals surface area contributed by atoms with Gasteiger partial charge in [-0.05, 0) is 44.5 Å². The smallest absolute Gasteiger partial charge is 0.339 e. The Morgan fingerprint density at radius 2 is 1.96 bits per heavy atom. The molecule has 134 valence electrons. The van der Waals surface area contributed by atoms with Crippen LogP contribution in [0.4, 0.5) is 0 Å². The van der Waals surface area contributed by atoms with Crippen molar-refractivity contribution in [1.29, 1.82) is 0 Å². The summed E-state index contributed by atoms with van der Waals surface area (Å²) in [5.74, 6) is -0.925. The third-order valence-electron chi connectivity index (χ3n) is 4.52. The quantitative estimate of drug-likeness (QED) is 0.674. The molecule has 2 heterocycles. The molecule has 1 atom stereocenters. The van der Waals surface area contributed by atoms with Crippen LogP contribution in [-0.2, 0) is 22.5 Å². The summed E-state index contributed by atoms with van der Waals surface area (Å²) in [6.07, 6.45) is 0.316. The van der Waals surface area contributed by atoms with Gasteiger partial charge in [-0.2, -0.15) is 0 Å². The summed E-state index contributed by atoms with van der Waals surface area (Å²) < 4.78 is 5.41. The molecule has 0 saturated heterocycles. The lowest BCUT2D eigenvalue weighted by molar-refractivity contribution is -0.140. The normalized spacial score (nSPS) is 18.7. The Bertz CT molecular complexity index is 906. The van der Waals surface area contributed by atoms with Gasteiger partial charge in [-0.25, -0.2) is 4.79 Å². The van der Waals surface area contributed by atoms with Gasteiger partial charge in [-0.15, -0.1) is 0 Å². The number of nitrogens with one attached hydrogen (secondary N) is 1. The molecule has 3 rings (SSSR count). The minimum absolute atomic E-state index is 0.0501. The van der Waals surface area contributed by atoms with Crippen LogP contribution in [-0.4, -0.2) is 28.2 Å². The zero-order valence-corrected chi connectivity index (χ0v) is 15.0. The number of cyclic esters (lactones) is 1. The Morgan fingerprint density at radius 1 is 1.23 bits per heavy atom. The van der Waals surface area contributed by atoms with E-state index in [-0.39, 0.29) is 18.2 Å². The first-order chi connectivity index (χ1) is 12.3. The van der Waals surface area contributed by atoms with Gasteiger partial charge in [0.05, 0.1) is 17.8 Å². The molecule has 1 N–H and O–H groups in total. The van der Waals surface area contributed by atoms with E-state index < -0.39 is 11.6 Å². The number of rotatable bonds is 4. The lowest BCUT2D eigenvalue weighted by atomic mass is 9.89. The molecular weight excluding hydrogens is 332 g/mol. The van der Waals surface area contributed by atoms with E-state index in [1.807, 2.05) is 12.1 Å². The minimum Gasteiger partial charge on any atom is -0.445 e. The number of benzene rings is 1. The number of ether oxygens (including phenoxy) is 1. The van der Waals surface area contributed by atoms with Crippen molar-refractivity contribution in [2.75, 3.05) is 0 Å². The fraction of sp³-hybridized carbons (Fsp3) is 0.300. The Balaban J connectivity index is 1.72. The van der Waals surface area contributed by atoms with Crippen molar-refractivity contribution in [2.45, 2.75) is 39.3 Å². The van der Waals surface area contributed by atoms with Gasteiger partial charge in [-0.1, -0.05) is 18.2 Å². The van der Waals surface area contributed by atoms with Gasteiger partial charge in [0, 0.05) is 17.7 Å². The van der Waals surface area contributed by atoms with Gasteiger partial charge >= 0.3 is 5.97 Å². The van der Waals surface area contributed by atoms with Gasteiger partial charge in [0.1, 0.15) is 0 Å². The van der Waals surface area contributed by atoms with Crippen LogP contribution in [0.3, 0.4) is 0 Å². The number of carbonyl (C=O) groups is 3. The molecule has 0 radical (unpaired) electrons. The average Bonchev–Trinajstić information content (AvgIpc) is 2.59. The van der Waals surface area contributed by atoms with Gasteiger partial charge < -0.3 is 10.1 Å². The van der Waals surface area contributed by atoms with Gasteiger partial charge in [0.15, 0.2) is 11.4 Å². The summed E-state index contributed by atoms with van der Waals surface area (Å²) in [6, 6.07) is 10.5. The van der Waals surface area contributed by atoms with E-state index in [4.69, 9.17) is 4.74 Å². The van der Waals surface area contributed by atoms with E-state index in [1.54, 1.807) is 38.1 Å². The highest BCUT2D eigenvalue weighted by Crippen LogP contribution is 2.28. The highest BCUT2D eigenvalue weighted by molar-refractivity contribution is 5.97. The summed E-state index contributed by atoms with van der Waals surface area (Å²) >= 11 is 0. The minimum atomic E-state index is -1.26. The third kappa shape index (κ3) is 3.35. The number of amides is 1. The highest BCUT2D eigenvalue weighted by Gasteiger charge is 2.42. The fourth-order valence-electron chi connectivity index (χ4n) is 3.10. The zero-order valence-electron chi connectivity index (χ0n) is 15.0. The number of aromatic nitrogens is 1. The summed E-state index contributed by atoms with van der Waals surface area (Å²) in [4.78, 5) is 40.6. The molecule has 0 fully saturated rings. The number of nitrogens with zero attached hydrogens (tertiary/aromatic N) is 1. The molecule has 0 spiro atoms. The first-order valence-electron chi connectivity index (χ1n) is 8.37. The predicted octanol–water partition coefficient (Wildman–Crippen LogP) is 2.38. The fourth-order valence-corrected chi connectivity index (χ4v) is 3.10. The largest absolute Gasteiger partial charge is 0.445 e. The lowest BCUT2D eigenvalue weighted by Crippen LogP contribution is -2.51. The lowest BCUT2D eigenvalue weighted by Gasteiger charge is -2.33. The number of carbonyl (C=O) groups excluding carboxylic acids is 3. The zero-order chi connectivity index (χ0) is 18.9. The van der Waals surface area contributed by atoms with Crippen LogP contribution in [0.15, 0.2) is 36.4 Å². The van der Waals surface area contributed by atoms with Crippen LogP contribution < -0.4 is 5.32 Å². The van der Waals surface area contributed by atoms with Crippen LogP contribution in [0, 0.1) is 6.92 Å². The number of ketones is 1. The van der Waals surface area contributed by atoms with Crippen LogP contribution >= 0.6 is 0 Å². The van der Waals surface area contributed by atoms with E-state index in [9.17, 15) is 14.4 Å². The Hall–Kier alpha value is -3.02. The van der Waals surface area contributed by atoms with Crippen LogP contribution in [0.2, 0.25) is 0 Å². The van der Waals surface area contributed by atoms with Crippen molar-refractivity contribution in [2.24, 2.45) is 0 Å². The van der Waals surface area contributed by atoms with Gasteiger partial charge in [0.2, 0.25) is 0 Å². The molecule has 6 heteroatoms. The Kier molecular flexibility index (Phi) is 4.59. The second-order valence-corrected chi connectivity index (χ2v) is 6.63. The molecule has 2 aromatic rings. The van der Waals surface area contributed by atoms with Crippen molar-refractivity contribution in [3.63, 3.8) is 0 Å². The van der Waals surface area contributed by atoms with E-state index >= 15 is 0 Å². The SMILES string of the molecule is CC(=O)c1ccc(CNC(=O)[C@]2(C)Cc3ccccc3C(=O)O2)nc1C. The molecule has 1 amide bonds. The standard InChI is InChI=1S/C20H20N2O4/c1-12-16(13(2)23)9-8-15(22-12)11-21-19(25)20(3)10-14-6-4-5-7-17(14)18(24)26-20/h4-9H,10-11H2,1-3H3,(H,21,25)/t20-/m0/s1. The van der Waals surface area contributed by atoms with Crippen molar-refractivity contribution in [1.82, 2.24) is 10.3 Å². The maximum atomic E-state index is 12.6. The first kappa shape index (κ1) is 17.8. The number of Topliss-reactive ketones (excluding diaryl/α,β-unsaturated/α-hetero) is 1. The monoisotopic (exact) mass is 352 g/mol. The average molecular weight is 352 g/mol. The van der Waals surface area contributed by atoms with Gasteiger partial charge in [0.25, 0.3) is 5.91 Å². The van der Waals surface area contributed by atoms with Crippen molar-refractivity contribution >= 4 is 17.7 Å². The molecule has 6 nitrogen and oxygen atoms in total. The Labute approximate surface area is 151 Å². The number of fused-ring (bicyclic) bond motifs is 1. The topological polar surface area (TPSA) is 85.4 Å². The van der Waals surface area contributed by atoms with Crippen molar-refractivity contribution in [3.05, 3.63) is 64.5 Å². The number of hydrogen-bond acceptors (Lipinski definition) is 5. The molecule has 0 aliphatic carbocycles. The number of pyridine rings is 1. The molecule has 0 saturated carbocycles. The van der Waals surface area contributed by atoms with Gasteiger partial charge in [-0.3, -0.25) is 14.6 Å². The summed E-state index contributed by atoms with van der Waals surface area (Å²) in [5.41, 5.74) is 1.83.